The zero-order chi connectivity index (χ0) is 15.8. The van der Waals surface area contributed by atoms with Crippen molar-refractivity contribution in [1.29, 1.82) is 0 Å². The monoisotopic (exact) mass is 307 g/mol. The van der Waals surface area contributed by atoms with Gasteiger partial charge in [0.25, 0.3) is 0 Å². The number of piperidine rings is 1. The molecule has 4 nitrogen and oxygen atoms in total. The fraction of sp³-hybridized carbons (Fsp3) is 0.833. The zero-order valence-electron chi connectivity index (χ0n) is 13.9. The van der Waals surface area contributed by atoms with Crippen LogP contribution in [0.2, 0.25) is 0 Å². The summed E-state index contributed by atoms with van der Waals surface area (Å²) < 4.78 is 5.45. The van der Waals surface area contributed by atoms with E-state index in [-0.39, 0.29) is 11.4 Å². The number of allylic oxidation sites excluding steroid dienone is 1. The van der Waals surface area contributed by atoms with Crippen LogP contribution in [0, 0.1) is 10.8 Å². The van der Waals surface area contributed by atoms with Gasteiger partial charge in [-0.15, -0.1) is 0 Å². The maximum atomic E-state index is 12.9. The molecule has 0 amide bonds. The molecule has 22 heavy (non-hydrogen) atoms. The first kappa shape index (κ1) is 16.0. The predicted molar refractivity (Wildman–Crippen MR) is 85.4 cm³/mol. The normalized spacial score (nSPS) is 41.6. The lowest BCUT2D eigenvalue weighted by Gasteiger charge is -2.64. The maximum Gasteiger partial charge on any atom is 0.316 e. The van der Waals surface area contributed by atoms with Crippen molar-refractivity contribution in [2.45, 2.75) is 58.0 Å². The van der Waals surface area contributed by atoms with Gasteiger partial charge in [0.15, 0.2) is 0 Å². The van der Waals surface area contributed by atoms with Crippen LogP contribution in [0.1, 0.15) is 52.4 Å². The Balaban J connectivity index is 2.10. The quantitative estimate of drug-likeness (QED) is 0.643. The standard InChI is InChI=1S/C18H29NO3/c1-3-19-13-16-9-6-5-7-12-18(16,21)17(14-19,11-8-10-16)15(20)22-4-2/h5,7,21H,3-4,6,8-14H2,1-2H3/t16-,17+,18-/m0/s1. The van der Waals surface area contributed by atoms with Crippen LogP contribution in [0.4, 0.5) is 0 Å². The zero-order valence-corrected chi connectivity index (χ0v) is 13.9. The Morgan fingerprint density at radius 1 is 1.23 bits per heavy atom. The summed E-state index contributed by atoms with van der Waals surface area (Å²) in [6.07, 6.45) is 9.59. The highest BCUT2D eigenvalue weighted by Gasteiger charge is 2.70. The van der Waals surface area contributed by atoms with Gasteiger partial charge < -0.3 is 14.7 Å². The average molecular weight is 307 g/mol. The first-order valence-electron chi connectivity index (χ1n) is 8.80. The summed E-state index contributed by atoms with van der Waals surface area (Å²) >= 11 is 0. The Kier molecular flexibility index (Phi) is 4.11. The number of rotatable bonds is 3. The molecule has 0 aromatic rings. The molecule has 0 unspecified atom stereocenters. The van der Waals surface area contributed by atoms with Crippen molar-refractivity contribution in [3.05, 3.63) is 12.2 Å². The topological polar surface area (TPSA) is 49.8 Å². The third-order valence-electron chi connectivity index (χ3n) is 6.43. The molecule has 1 saturated carbocycles. The van der Waals surface area contributed by atoms with E-state index in [4.69, 9.17) is 4.74 Å². The first-order valence-corrected chi connectivity index (χ1v) is 8.80. The van der Waals surface area contributed by atoms with Gasteiger partial charge in [0.2, 0.25) is 0 Å². The van der Waals surface area contributed by atoms with Gasteiger partial charge in [0.05, 0.1) is 12.2 Å². The molecular formula is C18H29NO3. The SMILES string of the molecule is CCOC(=O)[C@]12CCC[C@@]3(CCC=CC[C@]31O)CN(CC)C2. The highest BCUT2D eigenvalue weighted by Crippen LogP contribution is 2.62. The molecular weight excluding hydrogens is 278 g/mol. The summed E-state index contributed by atoms with van der Waals surface area (Å²) in [5, 5.41) is 11.8. The number of esters is 1. The predicted octanol–water partition coefficient (Wildman–Crippen LogP) is 2.51. The van der Waals surface area contributed by atoms with Crippen molar-refractivity contribution >= 4 is 5.97 Å². The number of hydrogen-bond acceptors (Lipinski definition) is 4. The van der Waals surface area contributed by atoms with Gasteiger partial charge in [-0.2, -0.15) is 0 Å². The molecule has 124 valence electrons. The molecule has 1 saturated heterocycles. The Bertz CT molecular complexity index is 477. The molecule has 2 fully saturated rings. The summed E-state index contributed by atoms with van der Waals surface area (Å²) in [6, 6.07) is 0. The van der Waals surface area contributed by atoms with E-state index in [1.54, 1.807) is 0 Å². The molecule has 1 heterocycles. The summed E-state index contributed by atoms with van der Waals surface area (Å²) in [6.45, 7) is 6.84. The highest BCUT2D eigenvalue weighted by atomic mass is 16.5. The third-order valence-corrected chi connectivity index (χ3v) is 6.43. The van der Waals surface area contributed by atoms with Crippen molar-refractivity contribution in [2.75, 3.05) is 26.2 Å². The van der Waals surface area contributed by atoms with Crippen molar-refractivity contribution in [1.82, 2.24) is 4.90 Å². The van der Waals surface area contributed by atoms with Gasteiger partial charge in [-0.3, -0.25) is 4.79 Å². The van der Waals surface area contributed by atoms with Crippen LogP contribution in [0.25, 0.3) is 0 Å². The minimum absolute atomic E-state index is 0.171. The summed E-state index contributed by atoms with van der Waals surface area (Å²) in [5.74, 6) is -0.185. The summed E-state index contributed by atoms with van der Waals surface area (Å²) in [4.78, 5) is 15.3. The van der Waals surface area contributed by atoms with Crippen molar-refractivity contribution in [2.24, 2.45) is 10.8 Å². The lowest BCUT2D eigenvalue weighted by molar-refractivity contribution is -0.250. The van der Waals surface area contributed by atoms with Crippen LogP contribution in [0.3, 0.4) is 0 Å². The van der Waals surface area contributed by atoms with E-state index in [1.165, 1.54) is 0 Å². The molecule has 0 radical (unpaired) electrons. The van der Waals surface area contributed by atoms with E-state index < -0.39 is 11.0 Å². The second-order valence-electron chi connectivity index (χ2n) is 7.31. The molecule has 0 spiro atoms. The number of carbonyl (C=O) groups is 1. The van der Waals surface area contributed by atoms with Crippen LogP contribution < -0.4 is 0 Å². The largest absolute Gasteiger partial charge is 0.465 e. The third kappa shape index (κ3) is 2.00. The Morgan fingerprint density at radius 2 is 2.05 bits per heavy atom. The fourth-order valence-corrected chi connectivity index (χ4v) is 5.32. The van der Waals surface area contributed by atoms with E-state index in [1.807, 2.05) is 6.92 Å². The molecule has 0 aromatic carbocycles. The Labute approximate surface area is 133 Å². The van der Waals surface area contributed by atoms with Crippen molar-refractivity contribution in [3.8, 4) is 0 Å². The van der Waals surface area contributed by atoms with Crippen LogP contribution >= 0.6 is 0 Å². The molecule has 2 bridgehead atoms. The van der Waals surface area contributed by atoms with Crippen LogP contribution in [-0.2, 0) is 9.53 Å². The number of aliphatic hydroxyl groups is 1. The van der Waals surface area contributed by atoms with Gasteiger partial charge in [0, 0.05) is 18.5 Å². The lowest BCUT2D eigenvalue weighted by atomic mass is 9.47. The molecule has 3 atom stereocenters. The number of carbonyl (C=O) groups excluding carboxylic acids is 1. The second-order valence-corrected chi connectivity index (χ2v) is 7.31. The highest BCUT2D eigenvalue weighted by molar-refractivity contribution is 5.80. The minimum atomic E-state index is -0.955. The van der Waals surface area contributed by atoms with E-state index in [0.29, 0.717) is 19.6 Å². The van der Waals surface area contributed by atoms with Crippen LogP contribution in [0.5, 0.6) is 0 Å². The Hall–Kier alpha value is -0.870. The van der Waals surface area contributed by atoms with Gasteiger partial charge in [-0.25, -0.2) is 0 Å². The molecule has 3 rings (SSSR count). The van der Waals surface area contributed by atoms with Crippen molar-refractivity contribution in [3.63, 3.8) is 0 Å². The van der Waals surface area contributed by atoms with Crippen molar-refractivity contribution < 1.29 is 14.6 Å². The summed E-state index contributed by atoms with van der Waals surface area (Å²) in [7, 11) is 0. The van der Waals surface area contributed by atoms with Gasteiger partial charge in [0.1, 0.15) is 5.41 Å². The maximum absolute atomic E-state index is 12.9. The average Bonchev–Trinajstić information content (AvgIpc) is 2.66. The van der Waals surface area contributed by atoms with E-state index >= 15 is 0 Å². The van der Waals surface area contributed by atoms with E-state index in [2.05, 4.69) is 24.0 Å². The number of ether oxygens (including phenoxy) is 1. The van der Waals surface area contributed by atoms with Gasteiger partial charge >= 0.3 is 5.97 Å². The van der Waals surface area contributed by atoms with Crippen LogP contribution in [-0.4, -0.2) is 47.8 Å². The molecule has 2 aliphatic carbocycles. The van der Waals surface area contributed by atoms with E-state index in [0.717, 1.165) is 45.2 Å². The smallest absolute Gasteiger partial charge is 0.316 e. The molecule has 4 heteroatoms. The first-order chi connectivity index (χ1) is 10.5. The molecule has 1 N–H and O–H groups in total. The lowest BCUT2D eigenvalue weighted by Crippen LogP contribution is -2.74. The molecule has 0 aromatic heterocycles. The second kappa shape index (κ2) is 5.64. The summed E-state index contributed by atoms with van der Waals surface area (Å²) in [5.41, 5.74) is -1.89. The molecule has 1 aliphatic heterocycles. The Morgan fingerprint density at radius 3 is 2.77 bits per heavy atom. The molecule has 3 aliphatic rings. The van der Waals surface area contributed by atoms with Gasteiger partial charge in [-0.05, 0) is 45.6 Å². The minimum Gasteiger partial charge on any atom is -0.465 e. The number of likely N-dealkylation sites (tertiary alicyclic amines) is 1. The number of nitrogens with zero attached hydrogens (tertiary/aromatic N) is 1. The van der Waals surface area contributed by atoms with E-state index in [9.17, 15) is 9.90 Å². The van der Waals surface area contributed by atoms with Crippen LogP contribution in [0.15, 0.2) is 12.2 Å². The number of hydrogen-bond donors (Lipinski definition) is 1. The fourth-order valence-electron chi connectivity index (χ4n) is 5.32. The van der Waals surface area contributed by atoms with Gasteiger partial charge in [-0.1, -0.05) is 25.5 Å².